The highest BCUT2D eigenvalue weighted by Crippen LogP contribution is 2.15. The van der Waals surface area contributed by atoms with Crippen molar-refractivity contribution in [1.29, 1.82) is 0 Å². The van der Waals surface area contributed by atoms with Crippen LogP contribution in [0.3, 0.4) is 0 Å². The van der Waals surface area contributed by atoms with Crippen molar-refractivity contribution in [2.45, 2.75) is 32.7 Å². The second kappa shape index (κ2) is 5.30. The molecule has 0 saturated heterocycles. The van der Waals surface area contributed by atoms with Crippen molar-refractivity contribution in [3.05, 3.63) is 35.4 Å². The summed E-state index contributed by atoms with van der Waals surface area (Å²) in [5, 5.41) is 0. The summed E-state index contributed by atoms with van der Waals surface area (Å²) in [4.78, 5) is 0. The van der Waals surface area contributed by atoms with Gasteiger partial charge in [-0.1, -0.05) is 50.4 Å². The molecular formula is C11H17NS. The number of benzene rings is 1. The summed E-state index contributed by atoms with van der Waals surface area (Å²) in [5.74, 6) is 0. The van der Waals surface area contributed by atoms with Gasteiger partial charge in [0.25, 0.3) is 0 Å². The zero-order valence-corrected chi connectivity index (χ0v) is 9.14. The van der Waals surface area contributed by atoms with Crippen LogP contribution >= 0.6 is 12.8 Å². The SMILES string of the molecule is CCCc1cccc([C@@H](C)NS)c1. The lowest BCUT2D eigenvalue weighted by molar-refractivity contribution is 0.756. The highest BCUT2D eigenvalue weighted by Gasteiger charge is 2.02. The molecule has 0 radical (unpaired) electrons. The Morgan fingerprint density at radius 2 is 2.23 bits per heavy atom. The minimum atomic E-state index is 0.320. The van der Waals surface area contributed by atoms with E-state index in [1.54, 1.807) is 0 Å². The topological polar surface area (TPSA) is 12.0 Å². The molecule has 1 aromatic rings. The van der Waals surface area contributed by atoms with Gasteiger partial charge in [0, 0.05) is 6.04 Å². The van der Waals surface area contributed by atoms with Crippen LogP contribution in [0, 0.1) is 0 Å². The molecular weight excluding hydrogens is 178 g/mol. The molecule has 0 heterocycles. The average Bonchev–Trinajstić information content (AvgIpc) is 2.18. The van der Waals surface area contributed by atoms with Gasteiger partial charge in [0.1, 0.15) is 0 Å². The summed E-state index contributed by atoms with van der Waals surface area (Å²) in [7, 11) is 0. The monoisotopic (exact) mass is 195 g/mol. The van der Waals surface area contributed by atoms with Crippen LogP contribution in [-0.4, -0.2) is 0 Å². The molecule has 0 aliphatic rings. The van der Waals surface area contributed by atoms with Gasteiger partial charge in [-0.05, 0) is 24.5 Å². The Balaban J connectivity index is 2.78. The Kier molecular flexibility index (Phi) is 4.33. The van der Waals surface area contributed by atoms with Gasteiger partial charge in [0.2, 0.25) is 0 Å². The number of nitrogens with one attached hydrogen (secondary N) is 1. The molecule has 1 N–H and O–H groups in total. The number of hydrogen-bond donors (Lipinski definition) is 2. The van der Waals surface area contributed by atoms with E-state index in [2.05, 4.69) is 55.6 Å². The predicted molar refractivity (Wildman–Crippen MR) is 61.0 cm³/mol. The Labute approximate surface area is 86.1 Å². The van der Waals surface area contributed by atoms with E-state index in [4.69, 9.17) is 0 Å². The van der Waals surface area contributed by atoms with Gasteiger partial charge in [0.05, 0.1) is 0 Å². The van der Waals surface area contributed by atoms with Crippen LogP contribution in [0.1, 0.15) is 37.4 Å². The molecule has 72 valence electrons. The summed E-state index contributed by atoms with van der Waals surface area (Å²) in [6, 6.07) is 8.99. The number of aryl methyl sites for hydroxylation is 1. The fraction of sp³-hybridized carbons (Fsp3) is 0.455. The van der Waals surface area contributed by atoms with Gasteiger partial charge < -0.3 is 0 Å². The maximum atomic E-state index is 4.06. The molecule has 1 rings (SSSR count). The molecule has 1 aromatic carbocycles. The standard InChI is InChI=1S/C11H17NS/c1-3-5-10-6-4-7-11(8-10)9(2)12-13/h4,6-9,12-13H,3,5H2,1-2H3/t9-/m1/s1. The van der Waals surface area contributed by atoms with Crippen LogP contribution in [0.2, 0.25) is 0 Å². The molecule has 2 heteroatoms. The average molecular weight is 195 g/mol. The van der Waals surface area contributed by atoms with E-state index in [9.17, 15) is 0 Å². The molecule has 0 saturated carbocycles. The third kappa shape index (κ3) is 3.05. The van der Waals surface area contributed by atoms with Crippen molar-refractivity contribution < 1.29 is 0 Å². The van der Waals surface area contributed by atoms with Crippen LogP contribution in [0.25, 0.3) is 0 Å². The van der Waals surface area contributed by atoms with E-state index in [-0.39, 0.29) is 0 Å². The van der Waals surface area contributed by atoms with E-state index in [1.165, 1.54) is 17.5 Å². The highest BCUT2D eigenvalue weighted by atomic mass is 32.1. The van der Waals surface area contributed by atoms with Gasteiger partial charge in [0.15, 0.2) is 0 Å². The van der Waals surface area contributed by atoms with Crippen molar-refractivity contribution in [1.82, 2.24) is 4.72 Å². The van der Waals surface area contributed by atoms with E-state index >= 15 is 0 Å². The number of rotatable bonds is 4. The molecule has 13 heavy (non-hydrogen) atoms. The Morgan fingerprint density at radius 3 is 2.85 bits per heavy atom. The van der Waals surface area contributed by atoms with E-state index in [0.29, 0.717) is 6.04 Å². The molecule has 0 amide bonds. The van der Waals surface area contributed by atoms with Crippen molar-refractivity contribution in [3.8, 4) is 0 Å². The lowest BCUT2D eigenvalue weighted by atomic mass is 10.0. The Morgan fingerprint density at radius 1 is 1.46 bits per heavy atom. The van der Waals surface area contributed by atoms with Crippen LogP contribution in [0.4, 0.5) is 0 Å². The minimum absolute atomic E-state index is 0.320. The Hall–Kier alpha value is -0.470. The van der Waals surface area contributed by atoms with Crippen molar-refractivity contribution in [2.24, 2.45) is 0 Å². The molecule has 0 unspecified atom stereocenters. The molecule has 0 aliphatic carbocycles. The Bertz CT molecular complexity index is 260. The third-order valence-corrected chi connectivity index (χ3v) is 2.57. The van der Waals surface area contributed by atoms with Crippen LogP contribution in [0.15, 0.2) is 24.3 Å². The van der Waals surface area contributed by atoms with E-state index in [0.717, 1.165) is 6.42 Å². The zero-order valence-electron chi connectivity index (χ0n) is 8.25. The first-order valence-electron chi connectivity index (χ1n) is 4.76. The number of thiol groups is 1. The van der Waals surface area contributed by atoms with Gasteiger partial charge in [-0.25, -0.2) is 0 Å². The quantitative estimate of drug-likeness (QED) is 0.703. The lowest BCUT2D eigenvalue weighted by Crippen LogP contribution is -2.06. The zero-order chi connectivity index (χ0) is 9.68. The molecule has 0 aliphatic heterocycles. The van der Waals surface area contributed by atoms with Gasteiger partial charge in [-0.2, -0.15) is 0 Å². The third-order valence-electron chi connectivity index (χ3n) is 2.18. The first-order valence-corrected chi connectivity index (χ1v) is 5.21. The van der Waals surface area contributed by atoms with Crippen LogP contribution in [0.5, 0.6) is 0 Å². The second-order valence-corrected chi connectivity index (χ2v) is 3.60. The van der Waals surface area contributed by atoms with E-state index < -0.39 is 0 Å². The van der Waals surface area contributed by atoms with Crippen LogP contribution < -0.4 is 4.72 Å². The number of hydrogen-bond acceptors (Lipinski definition) is 2. The molecule has 0 fully saturated rings. The minimum Gasteiger partial charge on any atom is -0.260 e. The normalized spacial score (nSPS) is 12.8. The maximum absolute atomic E-state index is 4.06. The van der Waals surface area contributed by atoms with Crippen molar-refractivity contribution >= 4 is 12.8 Å². The first-order chi connectivity index (χ1) is 6.27. The molecule has 0 bridgehead atoms. The predicted octanol–water partition coefficient (Wildman–Crippen LogP) is 3.13. The van der Waals surface area contributed by atoms with Gasteiger partial charge in [-0.15, -0.1) is 0 Å². The summed E-state index contributed by atoms with van der Waals surface area (Å²) < 4.78 is 2.94. The maximum Gasteiger partial charge on any atom is 0.0391 e. The highest BCUT2D eigenvalue weighted by molar-refractivity contribution is 7.78. The fourth-order valence-corrected chi connectivity index (χ4v) is 1.53. The largest absolute Gasteiger partial charge is 0.260 e. The smallest absolute Gasteiger partial charge is 0.0391 e. The molecule has 1 nitrogen and oxygen atoms in total. The molecule has 0 aromatic heterocycles. The first kappa shape index (κ1) is 10.6. The summed E-state index contributed by atoms with van der Waals surface area (Å²) >= 11 is 4.06. The van der Waals surface area contributed by atoms with Gasteiger partial charge >= 0.3 is 0 Å². The molecule has 0 spiro atoms. The van der Waals surface area contributed by atoms with Crippen LogP contribution in [-0.2, 0) is 6.42 Å². The summed E-state index contributed by atoms with van der Waals surface area (Å²) in [6.07, 6.45) is 2.36. The van der Waals surface area contributed by atoms with Crippen molar-refractivity contribution in [3.63, 3.8) is 0 Å². The molecule has 1 atom stereocenters. The second-order valence-electron chi connectivity index (χ2n) is 3.35. The fourth-order valence-electron chi connectivity index (χ4n) is 1.38. The lowest BCUT2D eigenvalue weighted by Gasteiger charge is -2.10. The van der Waals surface area contributed by atoms with Crippen molar-refractivity contribution in [2.75, 3.05) is 0 Å². The van der Waals surface area contributed by atoms with E-state index in [1.807, 2.05) is 0 Å². The van der Waals surface area contributed by atoms with Gasteiger partial charge in [-0.3, -0.25) is 4.72 Å². The summed E-state index contributed by atoms with van der Waals surface area (Å²) in [5.41, 5.74) is 2.72. The summed E-state index contributed by atoms with van der Waals surface area (Å²) in [6.45, 7) is 4.31.